The van der Waals surface area contributed by atoms with Crippen molar-refractivity contribution in [3.05, 3.63) is 0 Å². The summed E-state index contributed by atoms with van der Waals surface area (Å²) in [6.45, 7) is 5.48. The van der Waals surface area contributed by atoms with E-state index in [1.807, 2.05) is 0 Å². The number of primary amides is 1. The Bertz CT molecular complexity index is 298. The first-order valence-corrected chi connectivity index (χ1v) is 5.19. The molecule has 0 bridgehead atoms. The average molecular weight is 230 g/mol. The van der Waals surface area contributed by atoms with Crippen LogP contribution in [0, 0.1) is 0 Å². The molecule has 1 aliphatic heterocycles. The highest BCUT2D eigenvalue weighted by atomic mass is 16.6. The predicted molar refractivity (Wildman–Crippen MR) is 56.5 cm³/mol. The highest BCUT2D eigenvalue weighted by molar-refractivity contribution is 5.85. The van der Waals surface area contributed by atoms with E-state index in [-0.39, 0.29) is 6.54 Å². The molecule has 0 spiro atoms. The number of likely N-dealkylation sites (tertiary alicyclic amines) is 1. The first-order valence-electron chi connectivity index (χ1n) is 5.19. The molecular formula is C10H18N2O4. The molecule has 0 radical (unpaired) electrons. The predicted octanol–water partition coefficient (Wildman–Crippen LogP) is -0.158. The second-order valence-corrected chi connectivity index (χ2v) is 4.88. The highest BCUT2D eigenvalue weighted by Crippen LogP contribution is 2.20. The fraction of sp³-hybridized carbons (Fsp3) is 0.800. The SMILES string of the molecule is CC(C)(C)OC(=O)N1CC[C@@H](O)[C@H]1C(N)=O. The number of rotatable bonds is 1. The Kier molecular flexibility index (Phi) is 3.42. The summed E-state index contributed by atoms with van der Waals surface area (Å²) in [6, 6.07) is -0.977. The number of amides is 2. The van der Waals surface area contributed by atoms with Crippen molar-refractivity contribution >= 4 is 12.0 Å². The van der Waals surface area contributed by atoms with Crippen molar-refractivity contribution in [1.82, 2.24) is 4.90 Å². The summed E-state index contributed by atoms with van der Waals surface area (Å²) in [4.78, 5) is 24.0. The molecule has 1 rings (SSSR count). The van der Waals surface area contributed by atoms with Crippen LogP contribution in [0.3, 0.4) is 0 Å². The maximum absolute atomic E-state index is 11.7. The zero-order valence-electron chi connectivity index (χ0n) is 9.77. The van der Waals surface area contributed by atoms with Gasteiger partial charge in [-0.05, 0) is 27.2 Å². The van der Waals surface area contributed by atoms with Crippen LogP contribution in [0.4, 0.5) is 4.79 Å². The van der Waals surface area contributed by atoms with Gasteiger partial charge in [0.1, 0.15) is 11.6 Å². The molecule has 0 aliphatic carbocycles. The van der Waals surface area contributed by atoms with Crippen molar-refractivity contribution < 1.29 is 19.4 Å². The number of carbonyl (C=O) groups excluding carboxylic acids is 2. The first-order chi connectivity index (χ1) is 7.22. The summed E-state index contributed by atoms with van der Waals surface area (Å²) in [5.41, 5.74) is 4.50. The number of aliphatic hydroxyl groups excluding tert-OH is 1. The Balaban J connectivity index is 2.73. The molecule has 16 heavy (non-hydrogen) atoms. The molecule has 1 heterocycles. The molecule has 3 N–H and O–H groups in total. The molecule has 0 unspecified atom stereocenters. The van der Waals surface area contributed by atoms with Crippen LogP contribution in [-0.4, -0.2) is 46.3 Å². The fourth-order valence-corrected chi connectivity index (χ4v) is 1.64. The van der Waals surface area contributed by atoms with E-state index in [9.17, 15) is 14.7 Å². The van der Waals surface area contributed by atoms with Crippen LogP contribution in [0.1, 0.15) is 27.2 Å². The highest BCUT2D eigenvalue weighted by Gasteiger charge is 2.41. The Labute approximate surface area is 94.3 Å². The lowest BCUT2D eigenvalue weighted by Gasteiger charge is -2.27. The number of hydrogen-bond acceptors (Lipinski definition) is 4. The molecule has 0 aromatic carbocycles. The smallest absolute Gasteiger partial charge is 0.411 e. The third kappa shape index (κ3) is 2.85. The molecular weight excluding hydrogens is 212 g/mol. The third-order valence-corrected chi connectivity index (χ3v) is 2.29. The first kappa shape index (κ1) is 12.8. The number of aliphatic hydroxyl groups is 1. The third-order valence-electron chi connectivity index (χ3n) is 2.29. The van der Waals surface area contributed by atoms with Crippen LogP contribution in [0.15, 0.2) is 0 Å². The van der Waals surface area contributed by atoms with Crippen molar-refractivity contribution in [2.75, 3.05) is 6.54 Å². The van der Waals surface area contributed by atoms with Gasteiger partial charge < -0.3 is 15.6 Å². The zero-order chi connectivity index (χ0) is 12.5. The van der Waals surface area contributed by atoms with Crippen molar-refractivity contribution in [3.8, 4) is 0 Å². The summed E-state index contributed by atoms with van der Waals surface area (Å²) in [5.74, 6) is -0.712. The van der Waals surface area contributed by atoms with Crippen molar-refractivity contribution in [2.45, 2.75) is 44.9 Å². The largest absolute Gasteiger partial charge is 0.444 e. The van der Waals surface area contributed by atoms with Gasteiger partial charge in [0.05, 0.1) is 6.10 Å². The summed E-state index contributed by atoms with van der Waals surface area (Å²) < 4.78 is 5.12. The van der Waals surface area contributed by atoms with Crippen LogP contribution >= 0.6 is 0 Å². The van der Waals surface area contributed by atoms with E-state index in [1.54, 1.807) is 20.8 Å². The molecule has 0 aromatic rings. The lowest BCUT2D eigenvalue weighted by atomic mass is 10.1. The van der Waals surface area contributed by atoms with E-state index in [2.05, 4.69) is 0 Å². The standard InChI is InChI=1S/C10H18N2O4/c1-10(2,3)16-9(15)12-5-4-6(13)7(12)8(11)14/h6-7,13H,4-5H2,1-3H3,(H2,11,14)/t6-,7+/m1/s1. The summed E-state index contributed by atoms with van der Waals surface area (Å²) in [6.07, 6.45) is -1.18. The van der Waals surface area contributed by atoms with Crippen molar-refractivity contribution in [3.63, 3.8) is 0 Å². The van der Waals surface area contributed by atoms with Gasteiger partial charge in [0.2, 0.25) is 5.91 Å². The van der Waals surface area contributed by atoms with E-state index >= 15 is 0 Å². The van der Waals surface area contributed by atoms with Crippen molar-refractivity contribution in [1.29, 1.82) is 0 Å². The van der Waals surface area contributed by atoms with E-state index in [4.69, 9.17) is 10.5 Å². The Morgan fingerprint density at radius 3 is 2.44 bits per heavy atom. The van der Waals surface area contributed by atoms with Gasteiger partial charge in [-0.15, -0.1) is 0 Å². The fourth-order valence-electron chi connectivity index (χ4n) is 1.64. The molecule has 1 aliphatic rings. The topological polar surface area (TPSA) is 92.9 Å². The molecule has 1 fully saturated rings. The van der Waals surface area contributed by atoms with Gasteiger partial charge in [-0.25, -0.2) is 4.79 Å². The normalized spacial score (nSPS) is 25.6. The van der Waals surface area contributed by atoms with Crippen LogP contribution in [0.2, 0.25) is 0 Å². The van der Waals surface area contributed by atoms with Gasteiger partial charge in [0.25, 0.3) is 0 Å². The number of nitrogens with zero attached hydrogens (tertiary/aromatic N) is 1. The van der Waals surface area contributed by atoms with Gasteiger partial charge in [-0.2, -0.15) is 0 Å². The molecule has 0 aromatic heterocycles. The lowest BCUT2D eigenvalue weighted by Crippen LogP contribution is -2.49. The van der Waals surface area contributed by atoms with Gasteiger partial charge >= 0.3 is 6.09 Å². The van der Waals surface area contributed by atoms with Crippen LogP contribution in [-0.2, 0) is 9.53 Å². The van der Waals surface area contributed by atoms with Gasteiger partial charge in [0, 0.05) is 6.54 Å². The number of nitrogens with two attached hydrogens (primary N) is 1. The van der Waals surface area contributed by atoms with Crippen LogP contribution in [0.5, 0.6) is 0 Å². The maximum Gasteiger partial charge on any atom is 0.411 e. The summed E-state index contributed by atoms with van der Waals surface area (Å²) in [7, 11) is 0. The molecule has 6 heteroatoms. The molecule has 92 valence electrons. The minimum Gasteiger partial charge on any atom is -0.444 e. The molecule has 6 nitrogen and oxygen atoms in total. The molecule has 1 saturated heterocycles. The molecule has 2 atom stereocenters. The Morgan fingerprint density at radius 2 is 2.00 bits per heavy atom. The lowest BCUT2D eigenvalue weighted by molar-refractivity contribution is -0.124. The van der Waals surface area contributed by atoms with E-state index < -0.39 is 29.7 Å². The van der Waals surface area contributed by atoms with Gasteiger partial charge in [-0.3, -0.25) is 9.69 Å². The molecule has 0 saturated carbocycles. The number of carbonyl (C=O) groups is 2. The average Bonchev–Trinajstić information content (AvgIpc) is 2.43. The summed E-state index contributed by atoms with van der Waals surface area (Å²) >= 11 is 0. The minimum absolute atomic E-state index is 0.281. The second kappa shape index (κ2) is 4.29. The van der Waals surface area contributed by atoms with Crippen LogP contribution < -0.4 is 5.73 Å². The number of ether oxygens (including phenoxy) is 1. The summed E-state index contributed by atoms with van der Waals surface area (Å²) in [5, 5.41) is 9.53. The number of hydrogen-bond donors (Lipinski definition) is 2. The van der Waals surface area contributed by atoms with E-state index in [1.165, 1.54) is 4.90 Å². The van der Waals surface area contributed by atoms with Crippen LogP contribution in [0.25, 0.3) is 0 Å². The van der Waals surface area contributed by atoms with E-state index in [0.717, 1.165) is 0 Å². The second-order valence-electron chi connectivity index (χ2n) is 4.88. The van der Waals surface area contributed by atoms with Gasteiger partial charge in [-0.1, -0.05) is 0 Å². The molecule has 2 amide bonds. The Morgan fingerprint density at radius 1 is 1.44 bits per heavy atom. The zero-order valence-corrected chi connectivity index (χ0v) is 9.77. The quantitative estimate of drug-likeness (QED) is 0.654. The Hall–Kier alpha value is -1.30. The van der Waals surface area contributed by atoms with Crippen molar-refractivity contribution in [2.24, 2.45) is 5.73 Å². The van der Waals surface area contributed by atoms with E-state index in [0.29, 0.717) is 6.42 Å². The minimum atomic E-state index is -0.977. The monoisotopic (exact) mass is 230 g/mol. The maximum atomic E-state index is 11.7. The van der Waals surface area contributed by atoms with Gasteiger partial charge in [0.15, 0.2) is 0 Å².